The summed E-state index contributed by atoms with van der Waals surface area (Å²) in [6, 6.07) is 11.9. The fourth-order valence-corrected chi connectivity index (χ4v) is 4.56. The first-order valence-corrected chi connectivity index (χ1v) is 11.1. The number of Topliss-reactive ketones (excluding diaryl/α,β-unsaturated/α-hetero) is 1. The van der Waals surface area contributed by atoms with Crippen LogP contribution in [0.3, 0.4) is 0 Å². The van der Waals surface area contributed by atoms with Crippen LogP contribution < -0.4 is 9.64 Å². The van der Waals surface area contributed by atoms with E-state index in [1.165, 1.54) is 18.2 Å². The van der Waals surface area contributed by atoms with Crippen LogP contribution >= 0.6 is 0 Å². The molecule has 5 rings (SSSR count). The number of halogens is 1. The van der Waals surface area contributed by atoms with Crippen LogP contribution in [0, 0.1) is 15.9 Å². The molecule has 182 valence electrons. The van der Waals surface area contributed by atoms with E-state index in [-0.39, 0.29) is 22.4 Å². The second-order valence-electron chi connectivity index (χ2n) is 8.43. The summed E-state index contributed by atoms with van der Waals surface area (Å²) in [6.07, 6.45) is 1.47. The van der Waals surface area contributed by atoms with E-state index < -0.39 is 45.7 Å². The van der Waals surface area contributed by atoms with Crippen molar-refractivity contribution in [2.24, 2.45) is 0 Å². The third kappa shape index (κ3) is 3.82. The van der Waals surface area contributed by atoms with Crippen molar-refractivity contribution in [1.29, 1.82) is 0 Å². The molecule has 1 fully saturated rings. The van der Waals surface area contributed by atoms with Crippen LogP contribution in [0.1, 0.15) is 29.2 Å². The Morgan fingerprint density at radius 1 is 1.11 bits per heavy atom. The van der Waals surface area contributed by atoms with E-state index in [1.54, 1.807) is 18.2 Å². The Labute approximate surface area is 203 Å². The van der Waals surface area contributed by atoms with Gasteiger partial charge in [0.05, 0.1) is 23.1 Å². The average Bonchev–Trinajstić information content (AvgIpc) is 3.13. The number of carbonyl (C=O) groups is 2. The zero-order chi connectivity index (χ0) is 25.6. The summed E-state index contributed by atoms with van der Waals surface area (Å²) < 4.78 is 19.7. The Morgan fingerprint density at radius 3 is 2.67 bits per heavy atom. The van der Waals surface area contributed by atoms with E-state index in [0.29, 0.717) is 18.8 Å². The smallest absolute Gasteiger partial charge is 0.311 e. The molecule has 10 heteroatoms. The van der Waals surface area contributed by atoms with Gasteiger partial charge in [0.2, 0.25) is 0 Å². The zero-order valence-corrected chi connectivity index (χ0v) is 18.7. The van der Waals surface area contributed by atoms with Gasteiger partial charge in [0.15, 0.2) is 5.75 Å². The highest BCUT2D eigenvalue weighted by Crippen LogP contribution is 2.44. The summed E-state index contributed by atoms with van der Waals surface area (Å²) in [5, 5.41) is 32.7. The van der Waals surface area contributed by atoms with Crippen LogP contribution in [0.4, 0.5) is 15.8 Å². The zero-order valence-electron chi connectivity index (χ0n) is 18.7. The Balaban J connectivity index is 1.73. The largest absolute Gasteiger partial charge is 0.507 e. The number of hydrogen-bond acceptors (Lipinski definition) is 7. The number of phenolic OH excluding ortho intramolecular Hbond substituents is 1. The molecule has 3 aromatic rings. The lowest BCUT2D eigenvalue weighted by atomic mass is 9.93. The molecular formula is C26H19FN2O7. The molecule has 1 atom stereocenters. The average molecular weight is 490 g/mol. The van der Waals surface area contributed by atoms with Gasteiger partial charge >= 0.3 is 5.69 Å². The number of fused-ring (bicyclic) bond motifs is 1. The van der Waals surface area contributed by atoms with Crippen molar-refractivity contribution < 1.29 is 33.9 Å². The Bertz CT molecular complexity index is 1470. The maximum absolute atomic E-state index is 14.1. The van der Waals surface area contributed by atoms with Crippen molar-refractivity contribution in [3.8, 4) is 11.5 Å². The van der Waals surface area contributed by atoms with Crippen molar-refractivity contribution in [1.82, 2.24) is 0 Å². The minimum absolute atomic E-state index is 0.0238. The molecular weight excluding hydrogens is 471 g/mol. The molecule has 0 spiro atoms. The quantitative estimate of drug-likeness (QED) is 0.182. The summed E-state index contributed by atoms with van der Waals surface area (Å²) >= 11 is 0. The highest BCUT2D eigenvalue weighted by Gasteiger charge is 2.47. The standard InChI is InChI=1S/C26H19FN2O7/c27-17-4-1-5-18(13-17)28-23(15-6-8-20(30)19(12-15)29(34)35)22(25(32)26(28)33)24(31)16-7-9-21-14(11-16)3-2-10-36-21/h1,4-9,11-13,23,30-31H,2-3,10H2/b24-22+. The second kappa shape index (κ2) is 8.81. The predicted octanol–water partition coefficient (Wildman–Crippen LogP) is 4.39. The third-order valence-corrected chi connectivity index (χ3v) is 6.22. The van der Waals surface area contributed by atoms with E-state index in [2.05, 4.69) is 0 Å². The van der Waals surface area contributed by atoms with Gasteiger partial charge in [-0.15, -0.1) is 0 Å². The molecule has 9 nitrogen and oxygen atoms in total. The number of nitro benzene ring substituents is 1. The molecule has 0 radical (unpaired) electrons. The Hall–Kier alpha value is -4.73. The number of aliphatic hydroxyl groups excluding tert-OH is 1. The molecule has 3 aromatic carbocycles. The van der Waals surface area contributed by atoms with Crippen LogP contribution in [-0.2, 0) is 16.0 Å². The SMILES string of the molecule is O=C1C(=O)N(c2cccc(F)c2)C(c2ccc(O)c([N+](=O)[O-])c2)/C1=C(\O)c1ccc2c(c1)CCCO2. The number of nitrogens with zero attached hydrogens (tertiary/aromatic N) is 2. The van der Waals surface area contributed by atoms with Crippen molar-refractivity contribution in [3.05, 3.63) is 98.9 Å². The van der Waals surface area contributed by atoms with Crippen LogP contribution in [0.5, 0.6) is 11.5 Å². The summed E-state index contributed by atoms with van der Waals surface area (Å²) in [4.78, 5) is 38.0. The molecule has 0 bridgehead atoms. The molecule has 1 amide bonds. The van der Waals surface area contributed by atoms with Gasteiger partial charge in [-0.1, -0.05) is 12.1 Å². The number of benzene rings is 3. The third-order valence-electron chi connectivity index (χ3n) is 6.22. The molecule has 1 saturated heterocycles. The first-order chi connectivity index (χ1) is 17.3. The van der Waals surface area contributed by atoms with Crippen LogP contribution in [0.2, 0.25) is 0 Å². The summed E-state index contributed by atoms with van der Waals surface area (Å²) in [5.74, 6) is -3.18. The van der Waals surface area contributed by atoms with Crippen molar-refractivity contribution in [2.75, 3.05) is 11.5 Å². The number of anilines is 1. The molecule has 0 saturated carbocycles. The highest BCUT2D eigenvalue weighted by molar-refractivity contribution is 6.51. The monoisotopic (exact) mass is 490 g/mol. The predicted molar refractivity (Wildman–Crippen MR) is 126 cm³/mol. The van der Waals surface area contributed by atoms with Crippen molar-refractivity contribution in [3.63, 3.8) is 0 Å². The Kier molecular flexibility index (Phi) is 5.63. The molecule has 2 N–H and O–H groups in total. The lowest BCUT2D eigenvalue weighted by Gasteiger charge is -2.25. The van der Waals surface area contributed by atoms with Gasteiger partial charge < -0.3 is 14.9 Å². The van der Waals surface area contributed by atoms with Crippen molar-refractivity contribution >= 4 is 28.8 Å². The number of rotatable bonds is 4. The molecule has 2 heterocycles. The number of aliphatic hydroxyl groups is 1. The molecule has 0 aliphatic carbocycles. The van der Waals surface area contributed by atoms with Gasteiger partial charge in [-0.2, -0.15) is 0 Å². The van der Waals surface area contributed by atoms with E-state index in [1.807, 2.05) is 0 Å². The number of phenols is 1. The molecule has 2 aliphatic heterocycles. The maximum Gasteiger partial charge on any atom is 0.311 e. The normalized spacial score (nSPS) is 18.6. The first kappa shape index (κ1) is 23.0. The molecule has 2 aliphatic rings. The summed E-state index contributed by atoms with van der Waals surface area (Å²) in [5.41, 5.74) is 0.210. The molecule has 36 heavy (non-hydrogen) atoms. The number of ether oxygens (including phenoxy) is 1. The number of hydrogen-bond donors (Lipinski definition) is 2. The van der Waals surface area contributed by atoms with Crippen LogP contribution in [0.15, 0.2) is 66.2 Å². The minimum atomic E-state index is -1.32. The van der Waals surface area contributed by atoms with E-state index >= 15 is 0 Å². The number of aryl methyl sites for hydroxylation is 1. The van der Waals surface area contributed by atoms with Gasteiger partial charge in [-0.3, -0.25) is 24.6 Å². The number of nitro groups is 1. The van der Waals surface area contributed by atoms with Crippen molar-refractivity contribution in [2.45, 2.75) is 18.9 Å². The van der Waals surface area contributed by atoms with E-state index in [4.69, 9.17) is 4.74 Å². The number of amides is 1. The number of ketones is 1. The van der Waals surface area contributed by atoms with Crippen LogP contribution in [-0.4, -0.2) is 33.4 Å². The van der Waals surface area contributed by atoms with Gasteiger partial charge in [-0.05, 0) is 66.4 Å². The summed E-state index contributed by atoms with van der Waals surface area (Å²) in [6.45, 7) is 0.566. The number of aromatic hydroxyl groups is 1. The van der Waals surface area contributed by atoms with Gasteiger partial charge in [0, 0.05) is 17.3 Å². The lowest BCUT2D eigenvalue weighted by molar-refractivity contribution is -0.385. The fraction of sp³-hybridized carbons (Fsp3) is 0.154. The fourth-order valence-electron chi connectivity index (χ4n) is 4.56. The van der Waals surface area contributed by atoms with Gasteiger partial charge in [-0.25, -0.2) is 4.39 Å². The minimum Gasteiger partial charge on any atom is -0.507 e. The summed E-state index contributed by atoms with van der Waals surface area (Å²) in [7, 11) is 0. The Morgan fingerprint density at radius 2 is 1.92 bits per heavy atom. The first-order valence-electron chi connectivity index (χ1n) is 11.1. The van der Waals surface area contributed by atoms with Gasteiger partial charge in [0.25, 0.3) is 11.7 Å². The van der Waals surface area contributed by atoms with E-state index in [9.17, 15) is 34.3 Å². The van der Waals surface area contributed by atoms with E-state index in [0.717, 1.165) is 41.1 Å². The molecule has 0 aromatic heterocycles. The lowest BCUT2D eigenvalue weighted by Crippen LogP contribution is -2.29. The number of carbonyl (C=O) groups excluding carboxylic acids is 2. The maximum atomic E-state index is 14.1. The molecule has 1 unspecified atom stereocenters. The highest BCUT2D eigenvalue weighted by atomic mass is 19.1. The van der Waals surface area contributed by atoms with Gasteiger partial charge in [0.1, 0.15) is 17.3 Å². The second-order valence-corrected chi connectivity index (χ2v) is 8.43. The van der Waals surface area contributed by atoms with Crippen LogP contribution in [0.25, 0.3) is 5.76 Å². The topological polar surface area (TPSA) is 130 Å².